The highest BCUT2D eigenvalue weighted by Crippen LogP contribution is 2.32. The molecule has 1 N–H and O–H groups in total. The zero-order chi connectivity index (χ0) is 21.0. The van der Waals surface area contributed by atoms with Crippen LogP contribution >= 0.6 is 46.6 Å². The molecule has 3 aromatic rings. The highest BCUT2D eigenvalue weighted by Gasteiger charge is 2.16. The van der Waals surface area contributed by atoms with Gasteiger partial charge in [-0.05, 0) is 25.1 Å². The quantitative estimate of drug-likeness (QED) is 0.258. The Balaban J connectivity index is 1.74. The molecular weight excluding hydrogens is 451 g/mol. The van der Waals surface area contributed by atoms with Crippen LogP contribution in [0.3, 0.4) is 0 Å². The summed E-state index contributed by atoms with van der Waals surface area (Å²) in [5, 5.41) is 12.9. The molecule has 0 radical (unpaired) electrons. The van der Waals surface area contributed by atoms with Crippen molar-refractivity contribution in [2.75, 3.05) is 11.1 Å². The number of nitrogens with one attached hydrogen (secondary N) is 1. The van der Waals surface area contributed by atoms with Gasteiger partial charge in [0, 0.05) is 12.1 Å². The van der Waals surface area contributed by atoms with E-state index in [4.69, 9.17) is 34.8 Å². The van der Waals surface area contributed by atoms with Gasteiger partial charge in [0.1, 0.15) is 0 Å². The second kappa shape index (κ2) is 9.67. The van der Waals surface area contributed by atoms with Crippen LogP contribution in [0.25, 0.3) is 11.4 Å². The Bertz CT molecular complexity index is 1070. The van der Waals surface area contributed by atoms with Crippen molar-refractivity contribution in [3.63, 3.8) is 0 Å². The van der Waals surface area contributed by atoms with Crippen molar-refractivity contribution in [2.24, 2.45) is 0 Å². The standard InChI is InChI=1S/C20H17Cl3N4OS/c1-3-7-27-19(13-6-4-5-12(2)8-13)25-26-20(27)29-11-18(28)24-17-10-15(22)14(21)9-16(17)23/h3-6,8-10H,1,7,11H2,2H3,(H,24,28). The molecule has 1 heterocycles. The van der Waals surface area contributed by atoms with E-state index in [0.717, 1.165) is 17.0 Å². The number of aryl methyl sites for hydroxylation is 1. The Kier molecular flexibility index (Phi) is 7.24. The van der Waals surface area contributed by atoms with Gasteiger partial charge in [-0.15, -0.1) is 16.8 Å². The van der Waals surface area contributed by atoms with E-state index in [9.17, 15) is 4.79 Å². The lowest BCUT2D eigenvalue weighted by atomic mass is 10.1. The smallest absolute Gasteiger partial charge is 0.234 e. The third kappa shape index (κ3) is 5.34. The van der Waals surface area contributed by atoms with Crippen LogP contribution in [0.4, 0.5) is 5.69 Å². The van der Waals surface area contributed by atoms with Crippen LogP contribution < -0.4 is 5.32 Å². The topological polar surface area (TPSA) is 59.8 Å². The molecule has 0 bridgehead atoms. The zero-order valence-corrected chi connectivity index (χ0v) is 18.5. The van der Waals surface area contributed by atoms with E-state index in [-0.39, 0.29) is 11.7 Å². The maximum absolute atomic E-state index is 12.4. The number of halogens is 3. The number of amides is 1. The van der Waals surface area contributed by atoms with Gasteiger partial charge in [-0.3, -0.25) is 9.36 Å². The molecule has 0 saturated carbocycles. The Morgan fingerprint density at radius 2 is 1.93 bits per heavy atom. The number of rotatable bonds is 7. The van der Waals surface area contributed by atoms with E-state index in [1.165, 1.54) is 23.9 Å². The fourth-order valence-electron chi connectivity index (χ4n) is 2.62. The van der Waals surface area contributed by atoms with Crippen molar-refractivity contribution in [3.8, 4) is 11.4 Å². The number of hydrogen-bond acceptors (Lipinski definition) is 4. The Morgan fingerprint density at radius 1 is 1.17 bits per heavy atom. The lowest BCUT2D eigenvalue weighted by Gasteiger charge is -2.10. The molecule has 0 aliphatic carbocycles. The van der Waals surface area contributed by atoms with E-state index >= 15 is 0 Å². The maximum atomic E-state index is 12.4. The molecule has 1 aromatic heterocycles. The number of nitrogens with zero attached hydrogens (tertiary/aromatic N) is 3. The fourth-order valence-corrected chi connectivity index (χ4v) is 3.96. The molecule has 2 aromatic carbocycles. The molecule has 5 nitrogen and oxygen atoms in total. The minimum Gasteiger partial charge on any atom is -0.324 e. The van der Waals surface area contributed by atoms with Gasteiger partial charge in [0.25, 0.3) is 0 Å². The van der Waals surface area contributed by atoms with Gasteiger partial charge in [-0.2, -0.15) is 0 Å². The molecule has 0 atom stereocenters. The molecule has 0 spiro atoms. The van der Waals surface area contributed by atoms with E-state index in [0.29, 0.717) is 32.5 Å². The van der Waals surface area contributed by atoms with Crippen LogP contribution in [-0.2, 0) is 11.3 Å². The first-order chi connectivity index (χ1) is 13.9. The molecule has 3 rings (SSSR count). The number of carbonyl (C=O) groups excluding carboxylic acids is 1. The summed E-state index contributed by atoms with van der Waals surface area (Å²) >= 11 is 19.3. The number of carbonyl (C=O) groups is 1. The first kappa shape index (κ1) is 21.7. The predicted molar refractivity (Wildman–Crippen MR) is 121 cm³/mol. The Labute approximate surface area is 188 Å². The van der Waals surface area contributed by atoms with Crippen molar-refractivity contribution >= 4 is 58.2 Å². The zero-order valence-electron chi connectivity index (χ0n) is 15.5. The van der Waals surface area contributed by atoms with Crippen LogP contribution in [0.15, 0.2) is 54.2 Å². The van der Waals surface area contributed by atoms with Crippen LogP contribution in [0, 0.1) is 6.92 Å². The molecule has 0 aliphatic rings. The van der Waals surface area contributed by atoms with Crippen molar-refractivity contribution in [1.29, 1.82) is 0 Å². The molecule has 0 unspecified atom stereocenters. The van der Waals surface area contributed by atoms with Gasteiger partial charge < -0.3 is 5.32 Å². The van der Waals surface area contributed by atoms with E-state index in [1.807, 2.05) is 35.8 Å². The first-order valence-corrected chi connectivity index (χ1v) is 10.7. The maximum Gasteiger partial charge on any atom is 0.234 e. The lowest BCUT2D eigenvalue weighted by molar-refractivity contribution is -0.113. The number of thioether (sulfide) groups is 1. The normalized spacial score (nSPS) is 10.8. The molecule has 0 fully saturated rings. The first-order valence-electron chi connectivity index (χ1n) is 8.57. The lowest BCUT2D eigenvalue weighted by Crippen LogP contribution is -2.15. The van der Waals surface area contributed by atoms with Gasteiger partial charge in [-0.1, -0.05) is 76.4 Å². The van der Waals surface area contributed by atoms with Gasteiger partial charge >= 0.3 is 0 Å². The highest BCUT2D eigenvalue weighted by atomic mass is 35.5. The average Bonchev–Trinajstić information content (AvgIpc) is 3.07. The van der Waals surface area contributed by atoms with E-state index < -0.39 is 0 Å². The second-order valence-electron chi connectivity index (χ2n) is 6.16. The van der Waals surface area contributed by atoms with Gasteiger partial charge in [0.15, 0.2) is 11.0 Å². The molecule has 29 heavy (non-hydrogen) atoms. The number of hydrogen-bond donors (Lipinski definition) is 1. The molecule has 150 valence electrons. The SMILES string of the molecule is C=CCn1c(SCC(=O)Nc2cc(Cl)c(Cl)cc2Cl)nnc1-c1cccc(C)c1. The van der Waals surface area contributed by atoms with Crippen molar-refractivity contribution in [3.05, 3.63) is 69.7 Å². The third-order valence-corrected chi connectivity index (χ3v) is 5.92. The van der Waals surface area contributed by atoms with E-state index in [1.54, 1.807) is 6.08 Å². The fraction of sp³-hybridized carbons (Fsp3) is 0.150. The number of anilines is 1. The number of aromatic nitrogens is 3. The van der Waals surface area contributed by atoms with Crippen LogP contribution in [-0.4, -0.2) is 26.4 Å². The second-order valence-corrected chi connectivity index (χ2v) is 8.32. The third-order valence-electron chi connectivity index (χ3n) is 3.92. The summed E-state index contributed by atoms with van der Waals surface area (Å²) in [7, 11) is 0. The van der Waals surface area contributed by atoms with Crippen molar-refractivity contribution < 1.29 is 4.79 Å². The number of allylic oxidation sites excluding steroid dienone is 1. The molecule has 1 amide bonds. The summed E-state index contributed by atoms with van der Waals surface area (Å²) in [5.74, 6) is 0.601. The highest BCUT2D eigenvalue weighted by molar-refractivity contribution is 7.99. The summed E-state index contributed by atoms with van der Waals surface area (Å²) in [6.07, 6.45) is 1.77. The minimum absolute atomic E-state index is 0.125. The summed E-state index contributed by atoms with van der Waals surface area (Å²) in [6.45, 7) is 6.35. The van der Waals surface area contributed by atoms with Gasteiger partial charge in [-0.25, -0.2) is 0 Å². The Hall–Kier alpha value is -1.99. The summed E-state index contributed by atoms with van der Waals surface area (Å²) in [6, 6.07) is 11.0. The minimum atomic E-state index is -0.249. The monoisotopic (exact) mass is 466 g/mol. The predicted octanol–water partition coefficient (Wildman–Crippen LogP) is 6.13. The molecule has 0 aliphatic heterocycles. The average molecular weight is 468 g/mol. The van der Waals surface area contributed by atoms with E-state index in [2.05, 4.69) is 22.1 Å². The summed E-state index contributed by atoms with van der Waals surface area (Å²) in [4.78, 5) is 12.4. The van der Waals surface area contributed by atoms with Crippen LogP contribution in [0.5, 0.6) is 0 Å². The summed E-state index contributed by atoms with van der Waals surface area (Å²) in [5.41, 5.74) is 2.49. The number of benzene rings is 2. The van der Waals surface area contributed by atoms with Crippen LogP contribution in [0.1, 0.15) is 5.56 Å². The largest absolute Gasteiger partial charge is 0.324 e. The van der Waals surface area contributed by atoms with Crippen molar-refractivity contribution in [1.82, 2.24) is 14.8 Å². The molecular formula is C20H17Cl3N4OS. The molecule has 0 saturated heterocycles. The van der Waals surface area contributed by atoms with Gasteiger partial charge in [0.2, 0.25) is 5.91 Å². The summed E-state index contributed by atoms with van der Waals surface area (Å²) < 4.78 is 1.92. The van der Waals surface area contributed by atoms with Crippen LogP contribution in [0.2, 0.25) is 15.1 Å². The molecule has 9 heteroatoms. The van der Waals surface area contributed by atoms with Gasteiger partial charge in [0.05, 0.1) is 26.5 Å². The Morgan fingerprint density at radius 3 is 2.66 bits per heavy atom. The van der Waals surface area contributed by atoms with Crippen molar-refractivity contribution in [2.45, 2.75) is 18.6 Å².